The fourth-order valence-corrected chi connectivity index (χ4v) is 2.41. The number of amides is 1. The lowest BCUT2D eigenvalue weighted by Crippen LogP contribution is -2.35. The van der Waals surface area contributed by atoms with Crippen LogP contribution in [0, 0.1) is 0 Å². The second kappa shape index (κ2) is 8.88. The molecule has 0 saturated carbocycles. The Bertz CT molecular complexity index is 641. The van der Waals surface area contributed by atoms with E-state index in [2.05, 4.69) is 11.9 Å². The smallest absolute Gasteiger partial charge is 0.238 e. The van der Waals surface area contributed by atoms with Crippen molar-refractivity contribution >= 4 is 11.6 Å². The summed E-state index contributed by atoms with van der Waals surface area (Å²) in [5.74, 6) is -0.108. The van der Waals surface area contributed by atoms with Crippen molar-refractivity contribution in [3.05, 3.63) is 67.3 Å². The largest absolute Gasteiger partial charge is 0.395 e. The number of hydrogen-bond donors (Lipinski definition) is 2. The summed E-state index contributed by atoms with van der Waals surface area (Å²) in [6.07, 6.45) is 1.72. The summed E-state index contributed by atoms with van der Waals surface area (Å²) in [6, 6.07) is 17.7. The number of nitrogens with zero attached hydrogens (tertiary/aromatic N) is 1. The Labute approximate surface area is 137 Å². The third-order valence-electron chi connectivity index (χ3n) is 3.46. The van der Waals surface area contributed by atoms with Gasteiger partial charge in [-0.2, -0.15) is 0 Å². The van der Waals surface area contributed by atoms with Gasteiger partial charge in [-0.15, -0.1) is 6.58 Å². The first-order valence-electron chi connectivity index (χ1n) is 7.63. The average molecular weight is 310 g/mol. The number of para-hydroxylation sites is 1. The van der Waals surface area contributed by atoms with Crippen molar-refractivity contribution in [2.75, 3.05) is 31.6 Å². The number of rotatable bonds is 8. The summed E-state index contributed by atoms with van der Waals surface area (Å²) in [6.45, 7) is 4.91. The highest BCUT2D eigenvalue weighted by Crippen LogP contribution is 2.27. The van der Waals surface area contributed by atoms with Gasteiger partial charge in [0, 0.05) is 24.3 Å². The van der Waals surface area contributed by atoms with Crippen molar-refractivity contribution in [2.45, 2.75) is 0 Å². The molecule has 0 aromatic heterocycles. The molecule has 4 heteroatoms. The number of aliphatic hydroxyl groups is 1. The van der Waals surface area contributed by atoms with Crippen LogP contribution in [0.3, 0.4) is 0 Å². The summed E-state index contributed by atoms with van der Waals surface area (Å²) >= 11 is 0. The summed E-state index contributed by atoms with van der Waals surface area (Å²) in [5, 5.41) is 12.0. The minimum atomic E-state index is -0.108. The van der Waals surface area contributed by atoms with Gasteiger partial charge in [0.15, 0.2) is 0 Å². The van der Waals surface area contributed by atoms with E-state index in [1.807, 2.05) is 59.5 Å². The zero-order valence-corrected chi connectivity index (χ0v) is 13.1. The second-order valence-electron chi connectivity index (χ2n) is 5.21. The van der Waals surface area contributed by atoms with Crippen LogP contribution in [-0.4, -0.2) is 42.2 Å². The molecule has 2 aromatic rings. The van der Waals surface area contributed by atoms with E-state index >= 15 is 0 Å². The molecule has 0 aliphatic heterocycles. The van der Waals surface area contributed by atoms with Crippen LogP contribution in [0.5, 0.6) is 0 Å². The van der Waals surface area contributed by atoms with E-state index in [9.17, 15) is 4.79 Å². The van der Waals surface area contributed by atoms with Gasteiger partial charge in [0.2, 0.25) is 5.91 Å². The lowest BCUT2D eigenvalue weighted by Gasteiger charge is -2.19. The van der Waals surface area contributed by atoms with E-state index in [-0.39, 0.29) is 19.1 Å². The summed E-state index contributed by atoms with van der Waals surface area (Å²) in [4.78, 5) is 14.1. The van der Waals surface area contributed by atoms with Crippen LogP contribution in [0.15, 0.2) is 67.3 Å². The van der Waals surface area contributed by atoms with Gasteiger partial charge in [-0.25, -0.2) is 0 Å². The molecule has 0 fully saturated rings. The highest BCUT2D eigenvalue weighted by molar-refractivity contribution is 5.96. The molecule has 0 atom stereocenters. The molecule has 0 bridgehead atoms. The van der Waals surface area contributed by atoms with Gasteiger partial charge < -0.3 is 10.4 Å². The number of carbonyl (C=O) groups is 1. The summed E-state index contributed by atoms with van der Waals surface area (Å²) < 4.78 is 0. The standard InChI is InChI=1S/C19H22N2O2/c1-2-12-21(13-14-22)15-19(23)20-18-11-7-6-10-17(18)16-8-4-3-5-9-16/h2-11,22H,1,12-15H2,(H,20,23). The molecule has 120 valence electrons. The molecule has 0 radical (unpaired) electrons. The van der Waals surface area contributed by atoms with Crippen molar-refractivity contribution in [1.82, 2.24) is 4.90 Å². The van der Waals surface area contributed by atoms with Crippen LogP contribution in [0.4, 0.5) is 5.69 Å². The normalized spacial score (nSPS) is 10.5. The lowest BCUT2D eigenvalue weighted by atomic mass is 10.0. The Hall–Kier alpha value is -2.43. The molecule has 0 saturated heterocycles. The number of hydrogen-bond acceptors (Lipinski definition) is 3. The monoisotopic (exact) mass is 310 g/mol. The molecule has 1 amide bonds. The number of nitrogens with one attached hydrogen (secondary N) is 1. The van der Waals surface area contributed by atoms with E-state index in [4.69, 9.17) is 5.11 Å². The van der Waals surface area contributed by atoms with Gasteiger partial charge in [0.25, 0.3) is 0 Å². The minimum absolute atomic E-state index is 0.0156. The van der Waals surface area contributed by atoms with Crippen LogP contribution in [0.2, 0.25) is 0 Å². The number of aliphatic hydroxyl groups excluding tert-OH is 1. The Morgan fingerprint density at radius 2 is 1.83 bits per heavy atom. The fraction of sp³-hybridized carbons (Fsp3) is 0.211. The lowest BCUT2D eigenvalue weighted by molar-refractivity contribution is -0.117. The molecule has 2 aromatic carbocycles. The van der Waals surface area contributed by atoms with E-state index < -0.39 is 0 Å². The van der Waals surface area contributed by atoms with Crippen LogP contribution >= 0.6 is 0 Å². The van der Waals surface area contributed by atoms with Crippen LogP contribution in [0.1, 0.15) is 0 Å². The molecule has 2 rings (SSSR count). The zero-order valence-electron chi connectivity index (χ0n) is 13.1. The second-order valence-corrected chi connectivity index (χ2v) is 5.21. The molecule has 0 spiro atoms. The van der Waals surface area contributed by atoms with E-state index in [1.54, 1.807) is 6.08 Å². The molecular formula is C19H22N2O2. The fourth-order valence-electron chi connectivity index (χ4n) is 2.41. The van der Waals surface area contributed by atoms with E-state index in [0.29, 0.717) is 13.1 Å². The Kier molecular flexibility index (Phi) is 6.54. The Morgan fingerprint density at radius 1 is 1.13 bits per heavy atom. The minimum Gasteiger partial charge on any atom is -0.395 e. The highest BCUT2D eigenvalue weighted by atomic mass is 16.3. The first-order valence-corrected chi connectivity index (χ1v) is 7.63. The maximum Gasteiger partial charge on any atom is 0.238 e. The van der Waals surface area contributed by atoms with Crippen molar-refractivity contribution in [3.63, 3.8) is 0 Å². The molecule has 4 nitrogen and oxygen atoms in total. The van der Waals surface area contributed by atoms with Crippen LogP contribution in [-0.2, 0) is 4.79 Å². The van der Waals surface area contributed by atoms with E-state index in [0.717, 1.165) is 16.8 Å². The van der Waals surface area contributed by atoms with Crippen LogP contribution < -0.4 is 5.32 Å². The number of carbonyl (C=O) groups excluding carboxylic acids is 1. The first-order chi connectivity index (χ1) is 11.2. The van der Waals surface area contributed by atoms with Crippen molar-refractivity contribution in [2.24, 2.45) is 0 Å². The topological polar surface area (TPSA) is 52.6 Å². The molecule has 23 heavy (non-hydrogen) atoms. The SMILES string of the molecule is C=CCN(CCO)CC(=O)Nc1ccccc1-c1ccccc1. The third-order valence-corrected chi connectivity index (χ3v) is 3.46. The molecule has 0 aliphatic carbocycles. The predicted octanol–water partition coefficient (Wildman–Crippen LogP) is 2.77. The Morgan fingerprint density at radius 3 is 2.52 bits per heavy atom. The summed E-state index contributed by atoms with van der Waals surface area (Å²) in [5.41, 5.74) is 2.83. The predicted molar refractivity (Wildman–Crippen MR) is 94.2 cm³/mol. The van der Waals surface area contributed by atoms with E-state index in [1.165, 1.54) is 0 Å². The summed E-state index contributed by atoms with van der Waals surface area (Å²) in [7, 11) is 0. The third kappa shape index (κ3) is 5.06. The maximum atomic E-state index is 12.3. The van der Waals surface area contributed by atoms with Gasteiger partial charge in [-0.3, -0.25) is 9.69 Å². The molecule has 0 heterocycles. The van der Waals surface area contributed by atoms with Crippen molar-refractivity contribution in [3.8, 4) is 11.1 Å². The van der Waals surface area contributed by atoms with Crippen LogP contribution in [0.25, 0.3) is 11.1 Å². The van der Waals surface area contributed by atoms with Gasteiger partial charge in [0.05, 0.1) is 13.2 Å². The molecule has 2 N–H and O–H groups in total. The van der Waals surface area contributed by atoms with Crippen molar-refractivity contribution < 1.29 is 9.90 Å². The quantitative estimate of drug-likeness (QED) is 0.737. The molecule has 0 unspecified atom stereocenters. The molecular weight excluding hydrogens is 288 g/mol. The van der Waals surface area contributed by atoms with Gasteiger partial charge in [-0.05, 0) is 11.6 Å². The van der Waals surface area contributed by atoms with Gasteiger partial charge in [0.1, 0.15) is 0 Å². The number of anilines is 1. The first kappa shape index (κ1) is 16.9. The Balaban J connectivity index is 2.11. The van der Waals surface area contributed by atoms with Crippen molar-refractivity contribution in [1.29, 1.82) is 0 Å². The molecule has 0 aliphatic rings. The number of benzene rings is 2. The highest BCUT2D eigenvalue weighted by Gasteiger charge is 2.11. The zero-order chi connectivity index (χ0) is 16.5. The maximum absolute atomic E-state index is 12.3. The average Bonchev–Trinajstić information content (AvgIpc) is 2.56. The van der Waals surface area contributed by atoms with Gasteiger partial charge in [-0.1, -0.05) is 54.6 Å². The van der Waals surface area contributed by atoms with Gasteiger partial charge >= 0.3 is 0 Å².